The Hall–Kier alpha value is -6.84. The number of benzene rings is 8. The first-order valence-corrected chi connectivity index (χ1v) is 17.4. The average molecular weight is 653 g/mol. The number of rotatable bonds is 6. The summed E-state index contributed by atoms with van der Waals surface area (Å²) in [6, 6.07) is 69.2. The van der Waals surface area contributed by atoms with Crippen LogP contribution in [0.15, 0.2) is 199 Å². The molecule has 0 atom stereocenters. The van der Waals surface area contributed by atoms with Gasteiger partial charge < -0.3 is 13.9 Å². The van der Waals surface area contributed by atoms with Gasteiger partial charge in [0.2, 0.25) is 0 Å². The fourth-order valence-electron chi connectivity index (χ4n) is 7.65. The lowest BCUT2D eigenvalue weighted by Crippen LogP contribution is -2.09. The Morgan fingerprint density at radius 3 is 1.73 bits per heavy atom. The summed E-state index contributed by atoms with van der Waals surface area (Å²) < 4.78 is 8.64. The van der Waals surface area contributed by atoms with E-state index in [4.69, 9.17) is 4.42 Å². The second-order valence-electron chi connectivity index (χ2n) is 13.0. The Kier molecular flexibility index (Phi) is 6.81. The Bertz CT molecular complexity index is 2830. The van der Waals surface area contributed by atoms with Crippen molar-refractivity contribution in [2.45, 2.75) is 0 Å². The van der Waals surface area contributed by atoms with Crippen LogP contribution < -0.4 is 4.90 Å². The number of aromatic nitrogens is 1. The van der Waals surface area contributed by atoms with E-state index >= 15 is 0 Å². The van der Waals surface area contributed by atoms with Crippen LogP contribution in [0.2, 0.25) is 0 Å². The van der Waals surface area contributed by atoms with Gasteiger partial charge in [0.1, 0.15) is 11.2 Å². The first kappa shape index (κ1) is 29.1. The van der Waals surface area contributed by atoms with Gasteiger partial charge in [-0.25, -0.2) is 0 Å². The van der Waals surface area contributed by atoms with Crippen molar-refractivity contribution in [3.63, 3.8) is 0 Å². The fraction of sp³-hybridized carbons (Fsp3) is 0. The van der Waals surface area contributed by atoms with Crippen molar-refractivity contribution >= 4 is 60.8 Å². The minimum atomic E-state index is 0.883. The van der Waals surface area contributed by atoms with Crippen molar-refractivity contribution in [2.75, 3.05) is 4.90 Å². The monoisotopic (exact) mass is 652 g/mol. The van der Waals surface area contributed by atoms with Gasteiger partial charge in [0, 0.05) is 44.3 Å². The quantitative estimate of drug-likeness (QED) is 0.178. The molecule has 0 N–H and O–H groups in total. The maximum Gasteiger partial charge on any atom is 0.135 e. The molecule has 2 heterocycles. The summed E-state index contributed by atoms with van der Waals surface area (Å²) in [5.41, 5.74) is 13.3. The molecule has 0 fully saturated rings. The average Bonchev–Trinajstić information content (AvgIpc) is 3.75. The van der Waals surface area contributed by atoms with Crippen LogP contribution in [0.5, 0.6) is 0 Å². The molecule has 0 aliphatic heterocycles. The van der Waals surface area contributed by atoms with Gasteiger partial charge in [-0.3, -0.25) is 0 Å². The number of hydrogen-bond donors (Lipinski definition) is 0. The molecule has 240 valence electrons. The minimum absolute atomic E-state index is 0.883. The summed E-state index contributed by atoms with van der Waals surface area (Å²) in [7, 11) is 0. The molecule has 3 heteroatoms. The highest BCUT2D eigenvalue weighted by Gasteiger charge is 2.20. The molecular weight excluding hydrogens is 621 g/mol. The van der Waals surface area contributed by atoms with E-state index in [9.17, 15) is 0 Å². The van der Waals surface area contributed by atoms with Crippen LogP contribution in [0.4, 0.5) is 17.1 Å². The Labute approximate surface area is 295 Å². The zero-order valence-electron chi connectivity index (χ0n) is 27.8. The molecule has 0 radical (unpaired) electrons. The summed E-state index contributed by atoms with van der Waals surface area (Å²) in [5.74, 6) is 0. The molecule has 0 aliphatic carbocycles. The number of para-hydroxylation sites is 2. The van der Waals surface area contributed by atoms with Crippen molar-refractivity contribution in [3.8, 4) is 27.9 Å². The number of hydrogen-bond acceptors (Lipinski definition) is 2. The van der Waals surface area contributed by atoms with Crippen molar-refractivity contribution in [1.29, 1.82) is 0 Å². The highest BCUT2D eigenvalue weighted by atomic mass is 16.3. The van der Waals surface area contributed by atoms with Crippen molar-refractivity contribution in [1.82, 2.24) is 4.57 Å². The third kappa shape index (κ3) is 4.90. The molecule has 8 aromatic carbocycles. The van der Waals surface area contributed by atoms with E-state index in [-0.39, 0.29) is 0 Å². The molecule has 3 nitrogen and oxygen atoms in total. The standard InChI is InChI=1S/C48H32N2O/c1-4-13-33(14-5-1)34-23-25-37(26-24-34)49(39-28-30-47-42(31-39)41-19-10-11-22-46(41)51-47)38-27-29-44-43(32-38)48-40(35-15-6-2-7-16-35)20-12-21-45(48)50(44)36-17-8-3-9-18-36/h1-32H. The zero-order valence-corrected chi connectivity index (χ0v) is 27.8. The number of furan rings is 1. The highest BCUT2D eigenvalue weighted by Crippen LogP contribution is 2.44. The molecule has 51 heavy (non-hydrogen) atoms. The molecule has 0 aliphatic rings. The maximum absolute atomic E-state index is 6.25. The molecule has 10 aromatic rings. The van der Waals surface area contributed by atoms with E-state index in [1.807, 2.05) is 12.1 Å². The molecule has 10 rings (SSSR count). The molecular formula is C48H32N2O. The maximum atomic E-state index is 6.25. The Balaban J connectivity index is 1.23. The summed E-state index contributed by atoms with van der Waals surface area (Å²) in [4.78, 5) is 2.37. The summed E-state index contributed by atoms with van der Waals surface area (Å²) in [5, 5.41) is 4.65. The predicted octanol–water partition coefficient (Wildman–Crippen LogP) is 13.5. The first-order chi connectivity index (χ1) is 25.3. The van der Waals surface area contributed by atoms with Crippen molar-refractivity contribution in [2.24, 2.45) is 0 Å². The number of fused-ring (bicyclic) bond motifs is 6. The number of nitrogens with zero attached hydrogens (tertiary/aromatic N) is 2. The lowest BCUT2D eigenvalue weighted by atomic mass is 9.99. The van der Waals surface area contributed by atoms with Gasteiger partial charge in [0.05, 0.1) is 11.0 Å². The van der Waals surface area contributed by atoms with E-state index in [1.165, 1.54) is 44.1 Å². The Morgan fingerprint density at radius 1 is 0.373 bits per heavy atom. The molecule has 0 spiro atoms. The van der Waals surface area contributed by atoms with Gasteiger partial charge in [0.25, 0.3) is 0 Å². The van der Waals surface area contributed by atoms with E-state index < -0.39 is 0 Å². The van der Waals surface area contributed by atoms with E-state index in [0.29, 0.717) is 0 Å². The van der Waals surface area contributed by atoms with Crippen molar-refractivity contribution < 1.29 is 4.42 Å². The van der Waals surface area contributed by atoms with Crippen LogP contribution in [-0.4, -0.2) is 4.57 Å². The minimum Gasteiger partial charge on any atom is -0.456 e. The highest BCUT2D eigenvalue weighted by molar-refractivity contribution is 6.17. The van der Waals surface area contributed by atoms with Gasteiger partial charge in [-0.1, -0.05) is 121 Å². The summed E-state index contributed by atoms with van der Waals surface area (Å²) in [6.45, 7) is 0. The van der Waals surface area contributed by atoms with Crippen LogP contribution in [0.25, 0.3) is 71.7 Å². The van der Waals surface area contributed by atoms with Gasteiger partial charge in [-0.2, -0.15) is 0 Å². The Morgan fingerprint density at radius 2 is 0.961 bits per heavy atom. The predicted molar refractivity (Wildman–Crippen MR) is 214 cm³/mol. The van der Waals surface area contributed by atoms with Gasteiger partial charge in [0.15, 0.2) is 0 Å². The van der Waals surface area contributed by atoms with Crippen LogP contribution in [0, 0.1) is 0 Å². The van der Waals surface area contributed by atoms with E-state index in [1.54, 1.807) is 0 Å². The van der Waals surface area contributed by atoms with Crippen molar-refractivity contribution in [3.05, 3.63) is 194 Å². The third-order valence-corrected chi connectivity index (χ3v) is 9.98. The number of anilines is 3. The molecule has 0 amide bonds. The smallest absolute Gasteiger partial charge is 0.135 e. The molecule has 2 aromatic heterocycles. The van der Waals surface area contributed by atoms with Crippen LogP contribution in [-0.2, 0) is 0 Å². The zero-order chi connectivity index (χ0) is 33.7. The molecule has 0 bridgehead atoms. The normalized spacial score (nSPS) is 11.5. The fourth-order valence-corrected chi connectivity index (χ4v) is 7.65. The van der Waals surface area contributed by atoms with E-state index in [0.717, 1.165) is 44.7 Å². The third-order valence-electron chi connectivity index (χ3n) is 9.98. The van der Waals surface area contributed by atoms with E-state index in [2.05, 4.69) is 191 Å². The largest absolute Gasteiger partial charge is 0.456 e. The molecule has 0 unspecified atom stereocenters. The SMILES string of the molecule is c1ccc(-c2ccc(N(c3ccc4oc5ccccc5c4c3)c3ccc4c(c3)c3c(-c5ccccc5)cccc3n4-c3ccccc3)cc2)cc1. The first-order valence-electron chi connectivity index (χ1n) is 17.4. The lowest BCUT2D eigenvalue weighted by Gasteiger charge is -2.26. The second-order valence-corrected chi connectivity index (χ2v) is 13.0. The van der Waals surface area contributed by atoms with Crippen LogP contribution >= 0.6 is 0 Å². The summed E-state index contributed by atoms with van der Waals surface area (Å²) in [6.07, 6.45) is 0. The molecule has 0 saturated heterocycles. The summed E-state index contributed by atoms with van der Waals surface area (Å²) >= 11 is 0. The lowest BCUT2D eigenvalue weighted by molar-refractivity contribution is 0.669. The van der Waals surface area contributed by atoms with Gasteiger partial charge in [-0.05, 0) is 95.1 Å². The van der Waals surface area contributed by atoms with Crippen LogP contribution in [0.1, 0.15) is 0 Å². The van der Waals surface area contributed by atoms with Gasteiger partial charge in [-0.15, -0.1) is 0 Å². The second kappa shape index (κ2) is 11.9. The van der Waals surface area contributed by atoms with Crippen LogP contribution in [0.3, 0.4) is 0 Å². The topological polar surface area (TPSA) is 21.3 Å². The molecule has 0 saturated carbocycles. The van der Waals surface area contributed by atoms with Gasteiger partial charge >= 0.3 is 0 Å².